The molecule has 1 aliphatic heterocycles. The highest BCUT2D eigenvalue weighted by molar-refractivity contribution is 8.27. The van der Waals surface area contributed by atoms with Gasteiger partial charge in [0.05, 0.1) is 27.8 Å². The van der Waals surface area contributed by atoms with Crippen LogP contribution in [0.25, 0.3) is 17.4 Å². The average molecular weight is 510 g/mol. The summed E-state index contributed by atoms with van der Waals surface area (Å²) in [6, 6.07) is 13.0. The van der Waals surface area contributed by atoms with Crippen LogP contribution in [0.4, 0.5) is 18.9 Å². The fourth-order valence-corrected chi connectivity index (χ4v) is 4.63. The maximum Gasteiger partial charge on any atom is 0.416 e. The first kappa shape index (κ1) is 23.4. The summed E-state index contributed by atoms with van der Waals surface area (Å²) in [7, 11) is 0. The molecule has 0 atom stereocenters. The average Bonchev–Trinajstić information content (AvgIpc) is 3.33. The third-order valence-corrected chi connectivity index (χ3v) is 6.29. The predicted molar refractivity (Wildman–Crippen MR) is 127 cm³/mol. The third-order valence-electron chi connectivity index (χ3n) is 4.66. The van der Waals surface area contributed by atoms with Crippen LogP contribution in [-0.4, -0.2) is 16.8 Å². The largest absolute Gasteiger partial charge is 0.494 e. The lowest BCUT2D eigenvalue weighted by Crippen LogP contribution is -2.27. The summed E-state index contributed by atoms with van der Waals surface area (Å²) in [6.45, 7) is 2.40. The summed E-state index contributed by atoms with van der Waals surface area (Å²) in [5, 5.41) is 0.116. The van der Waals surface area contributed by atoms with Crippen molar-refractivity contribution in [2.75, 3.05) is 11.5 Å². The summed E-state index contributed by atoms with van der Waals surface area (Å²) in [5.41, 5.74) is -0.135. The molecule has 0 radical (unpaired) electrons. The Morgan fingerprint density at radius 2 is 1.88 bits per heavy atom. The SMILES string of the molecule is CCOc1ccc(N2C(=O)C(=Cc3ccc(-c4cc(C(F)(F)F)ccc4Cl)o3)SC2=S)cc1. The fraction of sp³-hybridized carbons (Fsp3) is 0.130. The van der Waals surface area contributed by atoms with E-state index in [1.54, 1.807) is 30.3 Å². The van der Waals surface area contributed by atoms with Crippen molar-refractivity contribution in [2.45, 2.75) is 13.1 Å². The van der Waals surface area contributed by atoms with Crippen LogP contribution in [0.5, 0.6) is 5.75 Å². The van der Waals surface area contributed by atoms with Gasteiger partial charge in [-0.05, 0) is 61.5 Å². The minimum atomic E-state index is -4.51. The molecule has 1 fully saturated rings. The number of amides is 1. The lowest BCUT2D eigenvalue weighted by molar-refractivity contribution is -0.137. The van der Waals surface area contributed by atoms with E-state index in [-0.39, 0.29) is 28.0 Å². The molecule has 2 aromatic carbocycles. The summed E-state index contributed by atoms with van der Waals surface area (Å²) in [4.78, 5) is 14.7. The Kier molecular flexibility index (Phi) is 6.56. The monoisotopic (exact) mass is 509 g/mol. The predicted octanol–water partition coefficient (Wildman–Crippen LogP) is 7.42. The number of carbonyl (C=O) groups is 1. The number of ether oxygens (including phenoxy) is 1. The number of nitrogens with zero attached hydrogens (tertiary/aromatic N) is 1. The van der Waals surface area contributed by atoms with E-state index in [0.717, 1.165) is 23.9 Å². The van der Waals surface area contributed by atoms with Crippen LogP contribution in [-0.2, 0) is 11.0 Å². The van der Waals surface area contributed by atoms with Crippen LogP contribution < -0.4 is 9.64 Å². The van der Waals surface area contributed by atoms with Gasteiger partial charge in [-0.2, -0.15) is 13.2 Å². The Hall–Kier alpha value is -2.75. The molecule has 0 bridgehead atoms. The molecule has 4 nitrogen and oxygen atoms in total. The maximum absolute atomic E-state index is 13.1. The second kappa shape index (κ2) is 9.24. The van der Waals surface area contributed by atoms with Gasteiger partial charge in [-0.3, -0.25) is 9.69 Å². The van der Waals surface area contributed by atoms with Crippen molar-refractivity contribution in [3.63, 3.8) is 0 Å². The van der Waals surface area contributed by atoms with E-state index >= 15 is 0 Å². The molecule has 2 heterocycles. The lowest BCUT2D eigenvalue weighted by Gasteiger charge is -2.15. The highest BCUT2D eigenvalue weighted by Gasteiger charge is 2.34. The van der Waals surface area contributed by atoms with Crippen LogP contribution in [0.15, 0.2) is 63.9 Å². The maximum atomic E-state index is 13.1. The molecule has 10 heteroatoms. The van der Waals surface area contributed by atoms with Gasteiger partial charge >= 0.3 is 6.18 Å². The third kappa shape index (κ3) is 4.95. The van der Waals surface area contributed by atoms with E-state index in [1.165, 1.54) is 23.1 Å². The van der Waals surface area contributed by atoms with Gasteiger partial charge in [0.2, 0.25) is 0 Å². The zero-order valence-electron chi connectivity index (χ0n) is 17.0. The Morgan fingerprint density at radius 1 is 1.15 bits per heavy atom. The number of halogens is 4. The molecule has 0 saturated carbocycles. The normalized spacial score (nSPS) is 15.5. The Labute approximate surface area is 202 Å². The molecular weight excluding hydrogens is 495 g/mol. The first-order chi connectivity index (χ1) is 15.7. The first-order valence-corrected chi connectivity index (χ1v) is 11.3. The van der Waals surface area contributed by atoms with E-state index in [9.17, 15) is 18.0 Å². The number of rotatable bonds is 5. The number of alkyl halides is 3. The molecule has 3 aromatic rings. The van der Waals surface area contributed by atoms with Crippen molar-refractivity contribution in [3.05, 3.63) is 75.8 Å². The molecule has 0 unspecified atom stereocenters. The summed E-state index contributed by atoms with van der Waals surface area (Å²) >= 11 is 12.6. The van der Waals surface area contributed by atoms with Gasteiger partial charge in [-0.15, -0.1) is 0 Å². The van der Waals surface area contributed by atoms with E-state index in [4.69, 9.17) is 33.0 Å². The van der Waals surface area contributed by atoms with Gasteiger partial charge in [0.25, 0.3) is 5.91 Å². The molecule has 0 spiro atoms. The molecule has 1 saturated heterocycles. The minimum absolute atomic E-state index is 0.105. The van der Waals surface area contributed by atoms with Crippen LogP contribution in [0.3, 0.4) is 0 Å². The van der Waals surface area contributed by atoms with E-state index < -0.39 is 11.7 Å². The topological polar surface area (TPSA) is 42.7 Å². The summed E-state index contributed by atoms with van der Waals surface area (Å²) in [5.74, 6) is 0.785. The number of carbonyl (C=O) groups excluding carboxylic acids is 1. The second-order valence-electron chi connectivity index (χ2n) is 6.84. The molecule has 1 aliphatic rings. The number of hydrogen-bond donors (Lipinski definition) is 0. The zero-order chi connectivity index (χ0) is 23.8. The van der Waals surface area contributed by atoms with Crippen molar-refractivity contribution >= 4 is 57.6 Å². The molecule has 0 N–H and O–H groups in total. The van der Waals surface area contributed by atoms with Crippen molar-refractivity contribution in [3.8, 4) is 17.1 Å². The first-order valence-electron chi connectivity index (χ1n) is 9.65. The van der Waals surface area contributed by atoms with E-state index in [2.05, 4.69) is 0 Å². The minimum Gasteiger partial charge on any atom is -0.494 e. The number of benzene rings is 2. The number of thioether (sulfide) groups is 1. The molecular formula is C23H15ClF3NO3S2. The Morgan fingerprint density at radius 3 is 2.55 bits per heavy atom. The van der Waals surface area contributed by atoms with E-state index in [0.29, 0.717) is 27.3 Å². The van der Waals surface area contributed by atoms with Crippen molar-refractivity contribution in [2.24, 2.45) is 0 Å². The Bertz CT molecular complexity index is 1250. The number of furan rings is 1. The van der Waals surface area contributed by atoms with Crippen molar-refractivity contribution in [1.29, 1.82) is 0 Å². The highest BCUT2D eigenvalue weighted by Crippen LogP contribution is 2.39. The zero-order valence-corrected chi connectivity index (χ0v) is 19.4. The van der Waals surface area contributed by atoms with Crippen molar-refractivity contribution in [1.82, 2.24) is 0 Å². The summed E-state index contributed by atoms with van der Waals surface area (Å²) < 4.78 is 50.6. The molecule has 170 valence electrons. The number of hydrogen-bond acceptors (Lipinski definition) is 5. The van der Waals surface area contributed by atoms with Crippen LogP contribution >= 0.6 is 35.6 Å². The molecule has 4 rings (SSSR count). The molecule has 1 amide bonds. The summed E-state index contributed by atoms with van der Waals surface area (Å²) in [6.07, 6.45) is -3.01. The lowest BCUT2D eigenvalue weighted by atomic mass is 10.1. The van der Waals surface area contributed by atoms with Crippen LogP contribution in [0.1, 0.15) is 18.2 Å². The Balaban J connectivity index is 1.59. The molecule has 1 aromatic heterocycles. The quantitative estimate of drug-likeness (QED) is 0.264. The smallest absolute Gasteiger partial charge is 0.416 e. The molecule has 0 aliphatic carbocycles. The number of anilines is 1. The highest BCUT2D eigenvalue weighted by atomic mass is 35.5. The second-order valence-corrected chi connectivity index (χ2v) is 8.92. The fourth-order valence-electron chi connectivity index (χ4n) is 3.14. The van der Waals surface area contributed by atoms with Gasteiger partial charge in [-0.1, -0.05) is 35.6 Å². The van der Waals surface area contributed by atoms with Gasteiger partial charge in [0, 0.05) is 11.6 Å². The van der Waals surface area contributed by atoms with E-state index in [1.807, 2.05) is 6.92 Å². The van der Waals surface area contributed by atoms with Gasteiger partial charge < -0.3 is 9.15 Å². The molecule has 33 heavy (non-hydrogen) atoms. The number of thiocarbonyl (C=S) groups is 1. The van der Waals surface area contributed by atoms with Gasteiger partial charge in [-0.25, -0.2) is 0 Å². The van der Waals surface area contributed by atoms with Crippen molar-refractivity contribution < 1.29 is 27.1 Å². The van der Waals surface area contributed by atoms with Gasteiger partial charge in [0.15, 0.2) is 4.32 Å². The standard InChI is InChI=1S/C23H15ClF3NO3S2/c1-2-30-15-6-4-14(5-7-15)28-21(29)20(33-22(28)32)12-16-8-10-19(31-16)17-11-13(23(25,26)27)3-9-18(17)24/h3-12H,2H2,1H3. The van der Waals surface area contributed by atoms with Crippen LogP contribution in [0, 0.1) is 0 Å². The van der Waals surface area contributed by atoms with Crippen LogP contribution in [0.2, 0.25) is 5.02 Å². The van der Waals surface area contributed by atoms with Gasteiger partial charge in [0.1, 0.15) is 17.3 Å².